The second kappa shape index (κ2) is 10.6. The van der Waals surface area contributed by atoms with Crippen molar-refractivity contribution in [3.05, 3.63) is 77.7 Å². The number of carbonyl (C=O) groups is 1. The zero-order valence-corrected chi connectivity index (χ0v) is 18.4. The quantitative estimate of drug-likeness (QED) is 0.574. The number of nitrogens with one attached hydrogen (secondary N) is 1. The maximum absolute atomic E-state index is 11.9. The van der Waals surface area contributed by atoms with Crippen molar-refractivity contribution in [1.82, 2.24) is 15.5 Å². The number of benzene rings is 1. The van der Waals surface area contributed by atoms with Crippen molar-refractivity contribution < 1.29 is 9.53 Å². The number of allylic oxidation sites excluding steroid dienone is 4. The van der Waals surface area contributed by atoms with Crippen LogP contribution < -0.4 is 5.32 Å². The molecule has 0 aliphatic carbocycles. The van der Waals surface area contributed by atoms with Gasteiger partial charge in [0.1, 0.15) is 5.60 Å². The molecule has 2 aromatic rings. The summed E-state index contributed by atoms with van der Waals surface area (Å²) < 4.78 is 5.22. The monoisotopic (exact) mass is 440 g/mol. The normalized spacial score (nSPS) is 11.8. The second-order valence-electron chi connectivity index (χ2n) is 6.98. The van der Waals surface area contributed by atoms with Crippen LogP contribution in [0.15, 0.2) is 71.3 Å². The second-order valence-corrected chi connectivity index (χ2v) is 8.48. The van der Waals surface area contributed by atoms with E-state index in [-0.39, 0.29) is 5.15 Å². The van der Waals surface area contributed by atoms with Crippen LogP contribution in [0.5, 0.6) is 0 Å². The first-order chi connectivity index (χ1) is 14.2. The molecule has 1 N–H and O–H groups in total. The Bertz CT molecular complexity index is 1040. The van der Waals surface area contributed by atoms with E-state index in [4.69, 9.17) is 16.3 Å². The van der Waals surface area contributed by atoms with E-state index >= 15 is 0 Å². The third-order valence-electron chi connectivity index (χ3n) is 3.41. The number of ether oxygens (including phenoxy) is 1. The van der Waals surface area contributed by atoms with Gasteiger partial charge in [-0.2, -0.15) is 10.4 Å². The molecule has 2 rings (SSSR count). The number of alkyl carbamates (subject to hydrolysis) is 1. The van der Waals surface area contributed by atoms with E-state index in [9.17, 15) is 10.1 Å². The Balaban J connectivity index is 2.34. The summed E-state index contributed by atoms with van der Waals surface area (Å²) >= 11 is 7.34. The summed E-state index contributed by atoms with van der Waals surface area (Å²) in [6.07, 6.45) is 7.72. The zero-order valence-electron chi connectivity index (χ0n) is 16.8. The minimum atomic E-state index is -0.589. The van der Waals surface area contributed by atoms with Gasteiger partial charge in [0.05, 0.1) is 17.8 Å². The predicted octanol–water partition coefficient (Wildman–Crippen LogP) is 5.76. The molecule has 0 aliphatic rings. The van der Waals surface area contributed by atoms with Crippen molar-refractivity contribution >= 4 is 35.0 Å². The molecular weight excluding hydrogens is 420 g/mol. The Morgan fingerprint density at radius 2 is 2.13 bits per heavy atom. The number of carbonyl (C=O) groups excluding carboxylic acids is 1. The highest BCUT2D eigenvalue weighted by Gasteiger charge is 2.15. The number of hydrogen-bond donors (Lipinski definition) is 1. The van der Waals surface area contributed by atoms with Gasteiger partial charge in [0, 0.05) is 16.0 Å². The summed E-state index contributed by atoms with van der Waals surface area (Å²) in [5.74, 6) is 0. The summed E-state index contributed by atoms with van der Waals surface area (Å²) in [6.45, 7) is 9.13. The highest BCUT2D eigenvalue weighted by atomic mass is 35.5. The number of nitriles is 1. The molecule has 1 aromatic carbocycles. The van der Waals surface area contributed by atoms with Crippen LogP contribution >= 0.6 is 23.4 Å². The van der Waals surface area contributed by atoms with E-state index in [1.165, 1.54) is 18.0 Å². The van der Waals surface area contributed by atoms with Gasteiger partial charge in [-0.05, 0) is 56.2 Å². The lowest BCUT2D eigenvalue weighted by Gasteiger charge is -2.18. The molecule has 6 nitrogen and oxygen atoms in total. The highest BCUT2D eigenvalue weighted by Crippen LogP contribution is 2.35. The molecule has 0 radical (unpaired) electrons. The molecule has 8 heteroatoms. The fourth-order valence-corrected chi connectivity index (χ4v) is 3.52. The van der Waals surface area contributed by atoms with Crippen molar-refractivity contribution in [3.63, 3.8) is 0 Å². The lowest BCUT2D eigenvalue weighted by Crippen LogP contribution is -2.29. The van der Waals surface area contributed by atoms with Crippen LogP contribution in [-0.4, -0.2) is 21.9 Å². The molecule has 0 spiro atoms. The molecule has 0 aliphatic heterocycles. The Morgan fingerprint density at radius 1 is 1.37 bits per heavy atom. The smallest absolute Gasteiger partial charge is 0.411 e. The SMILES string of the molecule is C=C/C=C(\C=C/NC(=O)OC(C)(C)C)c1ccc(C#N)cc1Sc1cnnc(Cl)c1. The number of aromatic nitrogens is 2. The summed E-state index contributed by atoms with van der Waals surface area (Å²) in [4.78, 5) is 13.5. The molecule has 1 aromatic heterocycles. The average Bonchev–Trinajstić information content (AvgIpc) is 2.66. The summed E-state index contributed by atoms with van der Waals surface area (Å²) in [5.41, 5.74) is 1.55. The van der Waals surface area contributed by atoms with Gasteiger partial charge in [-0.25, -0.2) is 4.79 Å². The van der Waals surface area contributed by atoms with Crippen LogP contribution in [0.4, 0.5) is 4.79 Å². The summed E-state index contributed by atoms with van der Waals surface area (Å²) in [6, 6.07) is 9.18. The number of rotatable bonds is 6. The van der Waals surface area contributed by atoms with Crippen LogP contribution in [0.25, 0.3) is 5.57 Å². The molecule has 0 fully saturated rings. The van der Waals surface area contributed by atoms with Gasteiger partial charge in [0.15, 0.2) is 5.15 Å². The number of halogens is 1. The molecular formula is C22H21ClN4O2S. The Hall–Kier alpha value is -3.08. The van der Waals surface area contributed by atoms with Gasteiger partial charge in [0.25, 0.3) is 0 Å². The van der Waals surface area contributed by atoms with E-state index < -0.39 is 11.7 Å². The number of nitrogens with zero attached hydrogens (tertiary/aromatic N) is 3. The highest BCUT2D eigenvalue weighted by molar-refractivity contribution is 7.99. The van der Waals surface area contributed by atoms with Gasteiger partial charge in [-0.1, -0.05) is 48.2 Å². The summed E-state index contributed by atoms with van der Waals surface area (Å²) in [7, 11) is 0. The standard InChI is InChI=1S/C22H21ClN4O2S/c1-5-6-16(9-10-25-21(28)29-22(2,3)4)18-8-7-15(13-24)11-19(18)30-17-12-20(23)27-26-14-17/h5-12,14H,1H2,2-4H3,(H,25,28)/b10-9-,16-6+. The lowest BCUT2D eigenvalue weighted by atomic mass is 10.0. The van der Waals surface area contributed by atoms with Gasteiger partial charge >= 0.3 is 6.09 Å². The minimum absolute atomic E-state index is 0.279. The first-order valence-corrected chi connectivity index (χ1v) is 10.1. The lowest BCUT2D eigenvalue weighted by molar-refractivity contribution is 0.0552. The molecule has 0 bridgehead atoms. The fraction of sp³-hybridized carbons (Fsp3) is 0.182. The largest absolute Gasteiger partial charge is 0.444 e. The summed E-state index contributed by atoms with van der Waals surface area (Å²) in [5, 5.41) is 19.8. The average molecular weight is 441 g/mol. The van der Waals surface area contributed by atoms with Crippen molar-refractivity contribution in [2.75, 3.05) is 0 Å². The van der Waals surface area contributed by atoms with Gasteiger partial charge < -0.3 is 4.74 Å². The third kappa shape index (κ3) is 7.39. The first-order valence-electron chi connectivity index (χ1n) is 8.91. The van der Waals surface area contributed by atoms with Gasteiger partial charge in [-0.3, -0.25) is 5.32 Å². The maximum atomic E-state index is 11.9. The molecule has 0 atom stereocenters. The molecule has 0 saturated carbocycles. The Labute approximate surface area is 185 Å². The van der Waals surface area contributed by atoms with E-state index in [0.29, 0.717) is 5.56 Å². The Kier molecular flexibility index (Phi) is 8.22. The molecule has 0 saturated heterocycles. The minimum Gasteiger partial charge on any atom is -0.444 e. The van der Waals surface area contributed by atoms with E-state index in [1.807, 2.05) is 6.07 Å². The molecule has 154 valence electrons. The number of hydrogen-bond acceptors (Lipinski definition) is 6. The predicted molar refractivity (Wildman–Crippen MR) is 119 cm³/mol. The van der Waals surface area contributed by atoms with Crippen molar-refractivity contribution in [3.8, 4) is 6.07 Å². The van der Waals surface area contributed by atoms with Crippen LogP contribution in [0.2, 0.25) is 5.15 Å². The van der Waals surface area contributed by atoms with E-state index in [2.05, 4.69) is 28.2 Å². The maximum Gasteiger partial charge on any atom is 0.411 e. The Morgan fingerprint density at radius 3 is 2.77 bits per heavy atom. The van der Waals surface area contributed by atoms with Gasteiger partial charge in [-0.15, -0.1) is 5.10 Å². The molecule has 0 unspecified atom stereocenters. The van der Waals surface area contributed by atoms with Crippen LogP contribution in [-0.2, 0) is 4.74 Å². The first kappa shape index (κ1) is 23.2. The van der Waals surface area contributed by atoms with Crippen molar-refractivity contribution in [2.45, 2.75) is 36.2 Å². The molecule has 1 heterocycles. The molecule has 1 amide bonds. The van der Waals surface area contributed by atoms with E-state index in [0.717, 1.165) is 20.9 Å². The van der Waals surface area contributed by atoms with Crippen LogP contribution in [0.1, 0.15) is 31.9 Å². The topological polar surface area (TPSA) is 87.9 Å². The fourth-order valence-electron chi connectivity index (χ4n) is 2.29. The van der Waals surface area contributed by atoms with E-state index in [1.54, 1.807) is 63.4 Å². The van der Waals surface area contributed by atoms with Crippen LogP contribution in [0, 0.1) is 11.3 Å². The third-order valence-corrected chi connectivity index (χ3v) is 4.61. The zero-order chi connectivity index (χ0) is 22.1. The number of amides is 1. The van der Waals surface area contributed by atoms with Crippen molar-refractivity contribution in [2.24, 2.45) is 0 Å². The van der Waals surface area contributed by atoms with Crippen LogP contribution in [0.3, 0.4) is 0 Å². The van der Waals surface area contributed by atoms with Gasteiger partial charge in [0.2, 0.25) is 0 Å². The van der Waals surface area contributed by atoms with Crippen molar-refractivity contribution in [1.29, 1.82) is 5.26 Å². The molecule has 30 heavy (non-hydrogen) atoms.